The first-order chi connectivity index (χ1) is 12.1. The molecule has 0 saturated carbocycles. The minimum absolute atomic E-state index is 0.0123. The van der Waals surface area contributed by atoms with Crippen LogP contribution >= 0.6 is 0 Å². The molecule has 0 saturated heterocycles. The molecule has 0 aromatic carbocycles. The minimum Gasteiger partial charge on any atom is -0.361 e. The van der Waals surface area contributed by atoms with Crippen LogP contribution in [0.4, 0.5) is 5.82 Å². The van der Waals surface area contributed by atoms with Crippen LogP contribution in [-0.2, 0) is 11.3 Å². The molecule has 1 N–H and O–H groups in total. The van der Waals surface area contributed by atoms with E-state index in [2.05, 4.69) is 26.1 Å². The highest BCUT2D eigenvalue weighted by atomic mass is 16.5. The Bertz CT molecular complexity index is 960. The molecule has 26 heavy (non-hydrogen) atoms. The van der Waals surface area contributed by atoms with Gasteiger partial charge in [0, 0.05) is 18.2 Å². The number of nitrogens with zero attached hydrogens (tertiary/aromatic N) is 3. The highest BCUT2D eigenvalue weighted by Gasteiger charge is 2.18. The summed E-state index contributed by atoms with van der Waals surface area (Å²) < 4.78 is 7.33. The largest absolute Gasteiger partial charge is 0.361 e. The number of aromatic nitrogens is 3. The molecular formula is C20H26N4O2. The maximum Gasteiger partial charge on any atom is 0.226 e. The lowest BCUT2D eigenvalue weighted by molar-refractivity contribution is -0.117. The quantitative estimate of drug-likeness (QED) is 0.755. The van der Waals surface area contributed by atoms with E-state index < -0.39 is 0 Å². The van der Waals surface area contributed by atoms with Crippen molar-refractivity contribution in [1.82, 2.24) is 14.7 Å². The van der Waals surface area contributed by atoms with E-state index in [1.165, 1.54) is 0 Å². The number of anilines is 1. The van der Waals surface area contributed by atoms with Crippen LogP contribution in [0.25, 0.3) is 11.0 Å². The SMILES string of the molecule is Cc1cc(Cn2c(C)cc3nc(NC(=O)CC(C)(C)C)c(C)cc32)no1. The van der Waals surface area contributed by atoms with E-state index in [-0.39, 0.29) is 11.3 Å². The molecule has 0 radical (unpaired) electrons. The number of hydrogen-bond acceptors (Lipinski definition) is 4. The molecule has 6 heteroatoms. The van der Waals surface area contributed by atoms with Gasteiger partial charge in [0.2, 0.25) is 5.91 Å². The number of pyridine rings is 1. The summed E-state index contributed by atoms with van der Waals surface area (Å²) >= 11 is 0. The van der Waals surface area contributed by atoms with Crippen LogP contribution in [-0.4, -0.2) is 20.6 Å². The summed E-state index contributed by atoms with van der Waals surface area (Å²) in [6.45, 7) is 12.7. The molecule has 3 rings (SSSR count). The van der Waals surface area contributed by atoms with E-state index in [0.29, 0.717) is 18.8 Å². The van der Waals surface area contributed by atoms with Crippen molar-refractivity contribution in [2.24, 2.45) is 5.41 Å². The average Bonchev–Trinajstić information content (AvgIpc) is 3.03. The number of fused-ring (bicyclic) bond motifs is 1. The maximum absolute atomic E-state index is 12.3. The van der Waals surface area contributed by atoms with Crippen LogP contribution in [0.1, 0.15) is 49.9 Å². The Hall–Kier alpha value is -2.63. The van der Waals surface area contributed by atoms with Crippen LogP contribution < -0.4 is 5.32 Å². The summed E-state index contributed by atoms with van der Waals surface area (Å²) in [6.07, 6.45) is 0.456. The number of carbonyl (C=O) groups is 1. The first kappa shape index (κ1) is 18.2. The zero-order valence-electron chi connectivity index (χ0n) is 16.3. The third kappa shape index (κ3) is 3.95. The van der Waals surface area contributed by atoms with E-state index in [0.717, 1.165) is 33.7 Å². The van der Waals surface area contributed by atoms with Crippen LogP contribution in [0.15, 0.2) is 22.7 Å². The molecule has 0 spiro atoms. The highest BCUT2D eigenvalue weighted by molar-refractivity contribution is 5.92. The van der Waals surface area contributed by atoms with Crippen molar-refractivity contribution in [3.63, 3.8) is 0 Å². The standard InChI is InChI=1S/C20H26N4O2/c1-12-7-17-16(21-19(12)22-18(25)10-20(4,5)6)8-13(2)24(17)11-15-9-14(3)26-23-15/h7-9H,10-11H2,1-6H3,(H,21,22,25). The van der Waals surface area contributed by atoms with Gasteiger partial charge in [0.15, 0.2) is 0 Å². The number of nitrogens with one attached hydrogen (secondary N) is 1. The van der Waals surface area contributed by atoms with Crippen LogP contribution in [0.5, 0.6) is 0 Å². The van der Waals surface area contributed by atoms with Crippen molar-refractivity contribution in [2.75, 3.05) is 5.32 Å². The van der Waals surface area contributed by atoms with Gasteiger partial charge in [-0.05, 0) is 43.9 Å². The predicted molar refractivity (Wildman–Crippen MR) is 102 cm³/mol. The van der Waals surface area contributed by atoms with Gasteiger partial charge in [-0.2, -0.15) is 0 Å². The number of rotatable bonds is 4. The topological polar surface area (TPSA) is 73.0 Å². The zero-order chi connectivity index (χ0) is 19.1. The molecule has 3 aromatic rings. The third-order valence-corrected chi connectivity index (χ3v) is 4.23. The summed E-state index contributed by atoms with van der Waals surface area (Å²) in [5.74, 6) is 1.41. The fraction of sp³-hybridized carbons (Fsp3) is 0.450. The summed E-state index contributed by atoms with van der Waals surface area (Å²) in [7, 11) is 0. The Labute approximate surface area is 153 Å². The number of hydrogen-bond donors (Lipinski definition) is 1. The molecule has 0 aliphatic heterocycles. The van der Waals surface area contributed by atoms with Gasteiger partial charge in [0.1, 0.15) is 17.3 Å². The van der Waals surface area contributed by atoms with E-state index >= 15 is 0 Å². The summed E-state index contributed by atoms with van der Waals surface area (Å²) in [6, 6.07) is 6.03. The third-order valence-electron chi connectivity index (χ3n) is 4.23. The average molecular weight is 354 g/mol. The lowest BCUT2D eigenvalue weighted by atomic mass is 9.92. The van der Waals surface area contributed by atoms with Gasteiger partial charge in [-0.15, -0.1) is 0 Å². The molecule has 0 aliphatic rings. The molecule has 0 fully saturated rings. The lowest BCUT2D eigenvalue weighted by Gasteiger charge is -2.17. The highest BCUT2D eigenvalue weighted by Crippen LogP contribution is 2.25. The fourth-order valence-corrected chi connectivity index (χ4v) is 3.05. The van der Waals surface area contributed by atoms with Crippen molar-refractivity contribution in [1.29, 1.82) is 0 Å². The second-order valence-electron chi connectivity index (χ2n) is 8.14. The summed E-state index contributed by atoms with van der Waals surface area (Å²) in [5.41, 5.74) is 4.73. The molecule has 0 bridgehead atoms. The summed E-state index contributed by atoms with van der Waals surface area (Å²) in [4.78, 5) is 16.9. The maximum atomic E-state index is 12.3. The Balaban J connectivity index is 1.91. The molecule has 3 aromatic heterocycles. The Kier molecular flexibility index (Phi) is 4.61. The van der Waals surface area contributed by atoms with E-state index in [4.69, 9.17) is 4.52 Å². The van der Waals surface area contributed by atoms with E-state index in [1.54, 1.807) is 0 Å². The van der Waals surface area contributed by atoms with Crippen molar-refractivity contribution >= 4 is 22.8 Å². The number of aryl methyl sites for hydroxylation is 3. The van der Waals surface area contributed by atoms with Crippen molar-refractivity contribution in [3.05, 3.63) is 40.9 Å². The summed E-state index contributed by atoms with van der Waals surface area (Å²) in [5, 5.41) is 7.03. The van der Waals surface area contributed by atoms with Crippen molar-refractivity contribution in [2.45, 2.75) is 54.5 Å². The Morgan fingerprint density at radius 2 is 1.92 bits per heavy atom. The van der Waals surface area contributed by atoms with Crippen LogP contribution in [0.3, 0.4) is 0 Å². The van der Waals surface area contributed by atoms with Gasteiger partial charge in [0.25, 0.3) is 0 Å². The second kappa shape index (κ2) is 6.59. The van der Waals surface area contributed by atoms with Gasteiger partial charge in [-0.25, -0.2) is 4.98 Å². The number of carbonyl (C=O) groups excluding carboxylic acids is 1. The lowest BCUT2D eigenvalue weighted by Crippen LogP contribution is -2.20. The van der Waals surface area contributed by atoms with Crippen LogP contribution in [0.2, 0.25) is 0 Å². The van der Waals surface area contributed by atoms with Crippen molar-refractivity contribution in [3.8, 4) is 0 Å². The first-order valence-corrected chi connectivity index (χ1v) is 8.82. The molecule has 0 atom stereocenters. The fourth-order valence-electron chi connectivity index (χ4n) is 3.05. The van der Waals surface area contributed by atoms with Gasteiger partial charge in [0.05, 0.1) is 17.6 Å². The van der Waals surface area contributed by atoms with Crippen molar-refractivity contribution < 1.29 is 9.32 Å². The normalized spacial score (nSPS) is 11.9. The Morgan fingerprint density at radius 1 is 1.19 bits per heavy atom. The van der Waals surface area contributed by atoms with Gasteiger partial charge >= 0.3 is 0 Å². The molecule has 138 valence electrons. The molecule has 1 amide bonds. The zero-order valence-corrected chi connectivity index (χ0v) is 16.3. The second-order valence-corrected chi connectivity index (χ2v) is 8.14. The van der Waals surface area contributed by atoms with Gasteiger partial charge in [-0.1, -0.05) is 25.9 Å². The monoisotopic (exact) mass is 354 g/mol. The first-order valence-electron chi connectivity index (χ1n) is 8.82. The van der Waals surface area contributed by atoms with Gasteiger partial charge < -0.3 is 14.4 Å². The Morgan fingerprint density at radius 3 is 2.54 bits per heavy atom. The molecule has 0 unspecified atom stereocenters. The van der Waals surface area contributed by atoms with E-state index in [9.17, 15) is 4.79 Å². The van der Waals surface area contributed by atoms with Gasteiger partial charge in [-0.3, -0.25) is 4.79 Å². The molecule has 3 heterocycles. The van der Waals surface area contributed by atoms with Crippen LogP contribution in [0, 0.1) is 26.2 Å². The molecule has 6 nitrogen and oxygen atoms in total. The number of amides is 1. The predicted octanol–water partition coefficient (Wildman–Crippen LogP) is 4.37. The smallest absolute Gasteiger partial charge is 0.226 e. The molecular weight excluding hydrogens is 328 g/mol. The minimum atomic E-state index is -0.0578. The van der Waals surface area contributed by atoms with E-state index in [1.807, 2.05) is 53.7 Å². The molecule has 0 aliphatic carbocycles.